The Morgan fingerprint density at radius 3 is 2.68 bits per heavy atom. The first kappa shape index (κ1) is 17.5. The van der Waals surface area contributed by atoms with Crippen molar-refractivity contribution in [3.8, 4) is 0 Å². The highest BCUT2D eigenvalue weighted by molar-refractivity contribution is 5.80. The van der Waals surface area contributed by atoms with Crippen LogP contribution in [0.15, 0.2) is 59.5 Å². The molecular formula is C24H26N2O2. The Balaban J connectivity index is 1.31. The second-order valence-electron chi connectivity index (χ2n) is 8.49. The molecule has 2 aliphatic carbocycles. The molecule has 2 bridgehead atoms. The van der Waals surface area contributed by atoms with E-state index >= 15 is 0 Å². The average molecular weight is 374 g/mol. The largest absolute Gasteiger partial charge is 0.338 e. The van der Waals surface area contributed by atoms with Gasteiger partial charge in [-0.15, -0.1) is 0 Å². The highest BCUT2D eigenvalue weighted by Crippen LogP contribution is 2.44. The molecule has 4 heteroatoms. The molecule has 0 radical (unpaired) electrons. The number of hydrogen-bond donors (Lipinski definition) is 0. The van der Waals surface area contributed by atoms with Crippen molar-refractivity contribution in [2.75, 3.05) is 6.54 Å². The Morgan fingerprint density at radius 2 is 1.93 bits per heavy atom. The maximum absolute atomic E-state index is 13.1. The summed E-state index contributed by atoms with van der Waals surface area (Å²) in [7, 11) is 0. The lowest BCUT2D eigenvalue weighted by Crippen LogP contribution is -2.41. The van der Waals surface area contributed by atoms with Crippen molar-refractivity contribution in [2.24, 2.45) is 17.8 Å². The second kappa shape index (κ2) is 7.08. The number of pyridine rings is 1. The standard InChI is InChI=1S/C24H26N2O2/c27-23-14-19-9-11-26(24(28)22-13-18-6-7-20(22)12-18)16-21(19)15-25(23)10-8-17-4-2-1-3-5-17/h1-7,14-15,18,20,22H,8-13,16H2/t18-,20+,22+/m1/s1. The Bertz CT molecular complexity index is 976. The molecule has 2 aromatic rings. The number of carbonyl (C=O) groups excluding carboxylic acids is 1. The molecule has 0 unspecified atom stereocenters. The number of aryl methyl sites for hydroxylation is 2. The van der Waals surface area contributed by atoms with E-state index in [0.717, 1.165) is 43.4 Å². The first-order valence-corrected chi connectivity index (χ1v) is 10.4. The number of allylic oxidation sites excluding steroid dienone is 2. The lowest BCUT2D eigenvalue weighted by atomic mass is 9.91. The number of amides is 1. The zero-order valence-electron chi connectivity index (χ0n) is 16.1. The molecule has 3 atom stereocenters. The van der Waals surface area contributed by atoms with Crippen LogP contribution in [0.4, 0.5) is 0 Å². The van der Waals surface area contributed by atoms with Gasteiger partial charge in [0.2, 0.25) is 5.91 Å². The van der Waals surface area contributed by atoms with Gasteiger partial charge in [0.15, 0.2) is 0 Å². The molecule has 1 saturated carbocycles. The molecule has 0 saturated heterocycles. The maximum atomic E-state index is 13.1. The number of hydrogen-bond acceptors (Lipinski definition) is 2. The number of rotatable bonds is 4. The van der Waals surface area contributed by atoms with E-state index in [0.29, 0.717) is 30.8 Å². The van der Waals surface area contributed by atoms with Gasteiger partial charge in [-0.3, -0.25) is 9.59 Å². The van der Waals surface area contributed by atoms with Crippen molar-refractivity contribution in [1.29, 1.82) is 0 Å². The van der Waals surface area contributed by atoms with E-state index in [1.165, 1.54) is 5.56 Å². The normalized spacial score (nSPS) is 25.1. The molecule has 1 aromatic carbocycles. The van der Waals surface area contributed by atoms with Gasteiger partial charge in [-0.05, 0) is 54.2 Å². The first-order valence-electron chi connectivity index (χ1n) is 10.4. The second-order valence-corrected chi connectivity index (χ2v) is 8.49. The van der Waals surface area contributed by atoms with Crippen LogP contribution in [0, 0.1) is 17.8 Å². The number of fused-ring (bicyclic) bond motifs is 3. The summed E-state index contributed by atoms with van der Waals surface area (Å²) in [6.45, 7) is 2.04. The summed E-state index contributed by atoms with van der Waals surface area (Å²) < 4.78 is 1.81. The van der Waals surface area contributed by atoms with Crippen LogP contribution in [0.3, 0.4) is 0 Å². The highest BCUT2D eigenvalue weighted by Gasteiger charge is 2.41. The van der Waals surface area contributed by atoms with E-state index in [4.69, 9.17) is 0 Å². The minimum Gasteiger partial charge on any atom is -0.338 e. The third kappa shape index (κ3) is 3.21. The minimum atomic E-state index is 0.0627. The van der Waals surface area contributed by atoms with Crippen molar-refractivity contribution in [2.45, 2.75) is 38.8 Å². The summed E-state index contributed by atoms with van der Waals surface area (Å²) in [6, 6.07) is 12.0. The molecule has 1 amide bonds. The number of aromatic nitrogens is 1. The van der Waals surface area contributed by atoms with Gasteiger partial charge < -0.3 is 9.47 Å². The number of nitrogens with zero attached hydrogens (tertiary/aromatic N) is 2. The van der Waals surface area contributed by atoms with E-state index in [-0.39, 0.29) is 11.5 Å². The molecule has 1 aliphatic heterocycles. The van der Waals surface area contributed by atoms with Crippen LogP contribution in [-0.2, 0) is 30.7 Å². The SMILES string of the molecule is O=C([C@H]1C[C@@H]2C=C[C@H]1C2)N1CCc2cc(=O)n(CCc3ccccc3)cc2C1. The lowest BCUT2D eigenvalue weighted by Gasteiger charge is -2.32. The molecular weight excluding hydrogens is 348 g/mol. The van der Waals surface area contributed by atoms with E-state index in [1.54, 1.807) is 10.6 Å². The molecule has 28 heavy (non-hydrogen) atoms. The van der Waals surface area contributed by atoms with Gasteiger partial charge in [-0.2, -0.15) is 0 Å². The van der Waals surface area contributed by atoms with Crippen molar-refractivity contribution >= 4 is 5.91 Å². The zero-order chi connectivity index (χ0) is 19.1. The lowest BCUT2D eigenvalue weighted by molar-refractivity contribution is -0.137. The van der Waals surface area contributed by atoms with E-state index < -0.39 is 0 Å². The highest BCUT2D eigenvalue weighted by atomic mass is 16.2. The van der Waals surface area contributed by atoms with Gasteiger partial charge in [-0.25, -0.2) is 0 Å². The van der Waals surface area contributed by atoms with Crippen molar-refractivity contribution in [1.82, 2.24) is 9.47 Å². The molecule has 3 aliphatic rings. The van der Waals surface area contributed by atoms with E-state index in [1.807, 2.05) is 29.3 Å². The zero-order valence-corrected chi connectivity index (χ0v) is 16.1. The molecule has 0 spiro atoms. The van der Waals surface area contributed by atoms with Crippen LogP contribution in [0.1, 0.15) is 29.5 Å². The van der Waals surface area contributed by atoms with Crippen LogP contribution in [0.2, 0.25) is 0 Å². The van der Waals surface area contributed by atoms with Gasteiger partial charge in [0, 0.05) is 37.8 Å². The van der Waals surface area contributed by atoms with Crippen LogP contribution in [0.5, 0.6) is 0 Å². The van der Waals surface area contributed by atoms with Crippen molar-refractivity contribution in [3.05, 3.63) is 81.8 Å². The molecule has 1 aromatic heterocycles. The topological polar surface area (TPSA) is 42.3 Å². The Hall–Kier alpha value is -2.62. The summed E-state index contributed by atoms with van der Waals surface area (Å²) in [5.41, 5.74) is 3.53. The van der Waals surface area contributed by atoms with Crippen LogP contribution in [-0.4, -0.2) is 21.9 Å². The van der Waals surface area contributed by atoms with Crippen LogP contribution < -0.4 is 5.56 Å². The molecule has 5 rings (SSSR count). The third-order valence-electron chi connectivity index (χ3n) is 6.71. The summed E-state index contributed by atoms with van der Waals surface area (Å²) >= 11 is 0. The fourth-order valence-corrected chi connectivity index (χ4v) is 5.13. The fourth-order valence-electron chi connectivity index (χ4n) is 5.13. The average Bonchev–Trinajstić information content (AvgIpc) is 3.36. The monoisotopic (exact) mass is 374 g/mol. The Kier molecular flexibility index (Phi) is 4.42. The molecule has 4 nitrogen and oxygen atoms in total. The predicted octanol–water partition coefficient (Wildman–Crippen LogP) is 3.19. The number of carbonyl (C=O) groups is 1. The van der Waals surface area contributed by atoms with Gasteiger partial charge in [0.1, 0.15) is 0 Å². The van der Waals surface area contributed by atoms with Crippen molar-refractivity contribution < 1.29 is 4.79 Å². The Morgan fingerprint density at radius 1 is 1.07 bits per heavy atom. The molecule has 0 N–H and O–H groups in total. The van der Waals surface area contributed by atoms with Crippen molar-refractivity contribution in [3.63, 3.8) is 0 Å². The van der Waals surface area contributed by atoms with E-state index in [2.05, 4.69) is 24.3 Å². The smallest absolute Gasteiger partial charge is 0.250 e. The van der Waals surface area contributed by atoms with Gasteiger partial charge in [0.25, 0.3) is 5.56 Å². The molecule has 1 fully saturated rings. The summed E-state index contributed by atoms with van der Waals surface area (Å²) in [4.78, 5) is 27.6. The summed E-state index contributed by atoms with van der Waals surface area (Å²) in [5, 5.41) is 0. The van der Waals surface area contributed by atoms with E-state index in [9.17, 15) is 9.59 Å². The van der Waals surface area contributed by atoms with Crippen LogP contribution >= 0.6 is 0 Å². The molecule has 144 valence electrons. The fraction of sp³-hybridized carbons (Fsp3) is 0.417. The quantitative estimate of drug-likeness (QED) is 0.772. The number of benzene rings is 1. The third-order valence-corrected chi connectivity index (χ3v) is 6.71. The van der Waals surface area contributed by atoms with Gasteiger partial charge in [0.05, 0.1) is 0 Å². The van der Waals surface area contributed by atoms with Crippen LogP contribution in [0.25, 0.3) is 0 Å². The summed E-state index contributed by atoms with van der Waals surface area (Å²) in [6.07, 6.45) is 10.3. The molecule has 2 heterocycles. The summed E-state index contributed by atoms with van der Waals surface area (Å²) in [5.74, 6) is 1.53. The van der Waals surface area contributed by atoms with Gasteiger partial charge >= 0.3 is 0 Å². The van der Waals surface area contributed by atoms with Gasteiger partial charge in [-0.1, -0.05) is 42.5 Å². The predicted molar refractivity (Wildman–Crippen MR) is 109 cm³/mol. The Labute approximate surface area is 165 Å². The minimum absolute atomic E-state index is 0.0627. The maximum Gasteiger partial charge on any atom is 0.250 e. The first-order chi connectivity index (χ1) is 13.7.